The maximum atomic E-state index is 11.8. The first-order valence-corrected chi connectivity index (χ1v) is 5.84. The SMILES string of the molecule is O=C(Cc1ccc(O)cc1)NC1(C(=O)O)CCC1. The molecule has 1 saturated carbocycles. The van der Waals surface area contributed by atoms with Gasteiger partial charge in [-0.25, -0.2) is 4.79 Å². The smallest absolute Gasteiger partial charge is 0.329 e. The van der Waals surface area contributed by atoms with Crippen molar-refractivity contribution in [3.05, 3.63) is 29.8 Å². The standard InChI is InChI=1S/C13H15NO4/c15-10-4-2-9(3-5-10)8-11(16)14-13(12(17)18)6-1-7-13/h2-5,15H,1,6-8H2,(H,14,16)(H,17,18). The first kappa shape index (κ1) is 12.4. The fraction of sp³-hybridized carbons (Fsp3) is 0.385. The zero-order chi connectivity index (χ0) is 13.2. The van der Waals surface area contributed by atoms with E-state index in [0.717, 1.165) is 12.0 Å². The van der Waals surface area contributed by atoms with Crippen molar-refractivity contribution in [2.24, 2.45) is 0 Å². The fourth-order valence-corrected chi connectivity index (χ4v) is 2.03. The highest BCUT2D eigenvalue weighted by atomic mass is 16.4. The zero-order valence-corrected chi connectivity index (χ0v) is 9.85. The predicted octanol–water partition coefficient (Wildman–Crippen LogP) is 1.06. The number of hydrogen-bond acceptors (Lipinski definition) is 3. The fourth-order valence-electron chi connectivity index (χ4n) is 2.03. The summed E-state index contributed by atoms with van der Waals surface area (Å²) in [5, 5.41) is 20.8. The molecule has 0 unspecified atom stereocenters. The van der Waals surface area contributed by atoms with Gasteiger partial charge in [-0.3, -0.25) is 4.79 Å². The molecule has 1 fully saturated rings. The van der Waals surface area contributed by atoms with Crippen molar-refractivity contribution in [3.8, 4) is 5.75 Å². The lowest BCUT2D eigenvalue weighted by Gasteiger charge is -2.38. The molecule has 0 bridgehead atoms. The normalized spacial score (nSPS) is 16.7. The Morgan fingerprint density at radius 2 is 1.83 bits per heavy atom. The van der Waals surface area contributed by atoms with E-state index >= 15 is 0 Å². The Kier molecular flexibility index (Phi) is 3.23. The Labute approximate surface area is 104 Å². The number of carbonyl (C=O) groups is 2. The van der Waals surface area contributed by atoms with Gasteiger partial charge in [0.2, 0.25) is 5.91 Å². The van der Waals surface area contributed by atoms with Gasteiger partial charge in [0.15, 0.2) is 0 Å². The second kappa shape index (κ2) is 4.68. The summed E-state index contributed by atoms with van der Waals surface area (Å²) in [7, 11) is 0. The molecule has 1 aromatic carbocycles. The number of nitrogens with one attached hydrogen (secondary N) is 1. The predicted molar refractivity (Wildman–Crippen MR) is 64.2 cm³/mol. The molecule has 1 aromatic rings. The molecule has 3 N–H and O–H groups in total. The summed E-state index contributed by atoms with van der Waals surface area (Å²) >= 11 is 0. The van der Waals surface area contributed by atoms with Crippen molar-refractivity contribution in [1.82, 2.24) is 5.32 Å². The number of aliphatic carboxylic acids is 1. The minimum atomic E-state index is -1.06. The Morgan fingerprint density at radius 3 is 2.28 bits per heavy atom. The molecule has 18 heavy (non-hydrogen) atoms. The highest BCUT2D eigenvalue weighted by molar-refractivity contribution is 5.88. The Balaban J connectivity index is 1.96. The monoisotopic (exact) mass is 249 g/mol. The molecule has 5 nitrogen and oxygen atoms in total. The largest absolute Gasteiger partial charge is 0.508 e. The van der Waals surface area contributed by atoms with Crippen molar-refractivity contribution in [1.29, 1.82) is 0 Å². The number of rotatable bonds is 4. The molecule has 1 aliphatic carbocycles. The molecule has 0 aliphatic heterocycles. The zero-order valence-electron chi connectivity index (χ0n) is 9.85. The van der Waals surface area contributed by atoms with Gasteiger partial charge in [0.1, 0.15) is 11.3 Å². The Bertz CT molecular complexity index is 462. The van der Waals surface area contributed by atoms with Gasteiger partial charge in [-0.05, 0) is 37.0 Å². The second-order valence-corrected chi connectivity index (χ2v) is 4.63. The molecule has 5 heteroatoms. The molecule has 0 aromatic heterocycles. The van der Waals surface area contributed by atoms with Crippen molar-refractivity contribution in [3.63, 3.8) is 0 Å². The lowest BCUT2D eigenvalue weighted by atomic mass is 9.76. The third-order valence-corrected chi connectivity index (χ3v) is 3.30. The molecular formula is C13H15NO4. The van der Waals surface area contributed by atoms with E-state index in [4.69, 9.17) is 10.2 Å². The summed E-state index contributed by atoms with van der Waals surface area (Å²) in [4.78, 5) is 22.9. The first-order chi connectivity index (χ1) is 8.52. The van der Waals surface area contributed by atoms with Crippen LogP contribution in [0.1, 0.15) is 24.8 Å². The van der Waals surface area contributed by atoms with Crippen molar-refractivity contribution < 1.29 is 19.8 Å². The van der Waals surface area contributed by atoms with Crippen LogP contribution in [-0.2, 0) is 16.0 Å². The molecule has 0 radical (unpaired) electrons. The summed E-state index contributed by atoms with van der Waals surface area (Å²) in [6, 6.07) is 6.28. The van der Waals surface area contributed by atoms with E-state index in [0.29, 0.717) is 12.8 Å². The third kappa shape index (κ3) is 2.45. The van der Waals surface area contributed by atoms with Gasteiger partial charge in [0.25, 0.3) is 0 Å². The molecule has 96 valence electrons. The van der Waals surface area contributed by atoms with Gasteiger partial charge in [-0.2, -0.15) is 0 Å². The highest BCUT2D eigenvalue weighted by Crippen LogP contribution is 2.32. The molecule has 0 heterocycles. The van der Waals surface area contributed by atoms with Crippen LogP contribution >= 0.6 is 0 Å². The first-order valence-electron chi connectivity index (χ1n) is 5.84. The highest BCUT2D eigenvalue weighted by Gasteiger charge is 2.45. The molecule has 0 saturated heterocycles. The van der Waals surface area contributed by atoms with Crippen LogP contribution in [0.15, 0.2) is 24.3 Å². The summed E-state index contributed by atoms with van der Waals surface area (Å²) < 4.78 is 0. The number of aromatic hydroxyl groups is 1. The van der Waals surface area contributed by atoms with Gasteiger partial charge in [-0.1, -0.05) is 12.1 Å². The number of carboxylic acid groups (broad SMARTS) is 1. The van der Waals surface area contributed by atoms with E-state index in [2.05, 4.69) is 5.32 Å². The minimum absolute atomic E-state index is 0.120. The second-order valence-electron chi connectivity index (χ2n) is 4.63. The van der Waals surface area contributed by atoms with Gasteiger partial charge >= 0.3 is 5.97 Å². The van der Waals surface area contributed by atoms with Crippen molar-refractivity contribution in [2.45, 2.75) is 31.2 Å². The van der Waals surface area contributed by atoms with Gasteiger partial charge in [0, 0.05) is 0 Å². The van der Waals surface area contributed by atoms with E-state index in [1.807, 2.05) is 0 Å². The van der Waals surface area contributed by atoms with Crippen LogP contribution in [0.2, 0.25) is 0 Å². The summed E-state index contributed by atoms with van der Waals surface area (Å²) in [5.41, 5.74) is -0.321. The summed E-state index contributed by atoms with van der Waals surface area (Å²) in [6.45, 7) is 0. The summed E-state index contributed by atoms with van der Waals surface area (Å²) in [6.07, 6.45) is 1.93. The van der Waals surface area contributed by atoms with Crippen LogP contribution < -0.4 is 5.32 Å². The van der Waals surface area contributed by atoms with Crippen LogP contribution in [-0.4, -0.2) is 27.6 Å². The average Bonchev–Trinajstić information content (AvgIpc) is 2.26. The topological polar surface area (TPSA) is 86.6 Å². The summed E-state index contributed by atoms with van der Waals surface area (Å²) in [5.74, 6) is -1.13. The molecule has 1 aliphatic rings. The van der Waals surface area contributed by atoms with Crippen molar-refractivity contribution >= 4 is 11.9 Å². The maximum absolute atomic E-state index is 11.8. The van der Waals surface area contributed by atoms with Crippen LogP contribution in [0.4, 0.5) is 0 Å². The third-order valence-electron chi connectivity index (χ3n) is 3.30. The van der Waals surface area contributed by atoms with Crippen LogP contribution in [0.3, 0.4) is 0 Å². The van der Waals surface area contributed by atoms with Crippen LogP contribution in [0, 0.1) is 0 Å². The number of phenolic OH excluding ortho intramolecular Hbond substituents is 1. The average molecular weight is 249 g/mol. The number of phenols is 1. The molecule has 1 amide bonds. The van der Waals surface area contributed by atoms with Crippen LogP contribution in [0.25, 0.3) is 0 Å². The van der Waals surface area contributed by atoms with E-state index in [1.54, 1.807) is 12.1 Å². The molecule has 2 rings (SSSR count). The lowest BCUT2D eigenvalue weighted by Crippen LogP contribution is -2.59. The van der Waals surface area contributed by atoms with Gasteiger partial charge in [0.05, 0.1) is 6.42 Å². The Morgan fingerprint density at radius 1 is 1.22 bits per heavy atom. The number of benzene rings is 1. The molecular weight excluding hydrogens is 234 g/mol. The van der Waals surface area contributed by atoms with E-state index in [9.17, 15) is 9.59 Å². The maximum Gasteiger partial charge on any atom is 0.329 e. The molecule has 0 atom stereocenters. The van der Waals surface area contributed by atoms with E-state index in [-0.39, 0.29) is 18.1 Å². The number of carboxylic acids is 1. The van der Waals surface area contributed by atoms with Crippen molar-refractivity contribution in [2.75, 3.05) is 0 Å². The molecule has 0 spiro atoms. The van der Waals surface area contributed by atoms with Crippen LogP contribution in [0.5, 0.6) is 5.75 Å². The van der Waals surface area contributed by atoms with Gasteiger partial charge < -0.3 is 15.5 Å². The number of carbonyl (C=O) groups excluding carboxylic acids is 1. The lowest BCUT2D eigenvalue weighted by molar-refractivity contribution is -0.151. The van der Waals surface area contributed by atoms with E-state index < -0.39 is 11.5 Å². The van der Waals surface area contributed by atoms with E-state index in [1.165, 1.54) is 12.1 Å². The number of amides is 1. The quantitative estimate of drug-likeness (QED) is 0.744. The number of hydrogen-bond donors (Lipinski definition) is 3. The minimum Gasteiger partial charge on any atom is -0.508 e. The van der Waals surface area contributed by atoms with Gasteiger partial charge in [-0.15, -0.1) is 0 Å². The Hall–Kier alpha value is -2.04.